The molecule has 4 rings (SSSR count). The van der Waals surface area contributed by atoms with Crippen LogP contribution in [0.2, 0.25) is 0 Å². The number of ether oxygens (including phenoxy) is 2. The van der Waals surface area contributed by atoms with Crippen LogP contribution in [0.4, 0.5) is 20.8 Å². The fraction of sp³-hybridized carbons (Fsp3) is 0.429. The molecular weight excluding hydrogens is 551 g/mol. The van der Waals surface area contributed by atoms with Crippen LogP contribution in [0.3, 0.4) is 0 Å². The predicted octanol–water partition coefficient (Wildman–Crippen LogP) is 5.43. The van der Waals surface area contributed by atoms with Crippen molar-refractivity contribution in [3.63, 3.8) is 0 Å². The summed E-state index contributed by atoms with van der Waals surface area (Å²) in [6.45, 7) is 8.28. The summed E-state index contributed by atoms with van der Waals surface area (Å²) in [4.78, 5) is 27.4. The summed E-state index contributed by atoms with van der Waals surface area (Å²) in [5.41, 5.74) is 0.167. The lowest BCUT2D eigenvalue weighted by molar-refractivity contribution is 0.0206. The fourth-order valence-corrected chi connectivity index (χ4v) is 5.41. The molecule has 0 saturated carbocycles. The molecule has 0 spiro atoms. The minimum absolute atomic E-state index is 0.0792. The Morgan fingerprint density at radius 1 is 1.15 bits per heavy atom. The van der Waals surface area contributed by atoms with E-state index in [2.05, 4.69) is 25.0 Å². The Hall–Kier alpha value is -4.00. The van der Waals surface area contributed by atoms with Crippen molar-refractivity contribution in [1.82, 2.24) is 19.9 Å². The van der Waals surface area contributed by atoms with Gasteiger partial charge in [-0.3, -0.25) is 4.72 Å². The molecule has 1 aromatic carbocycles. The third-order valence-electron chi connectivity index (χ3n) is 6.02. The van der Waals surface area contributed by atoms with Crippen molar-refractivity contribution in [3.8, 4) is 22.9 Å². The second kappa shape index (κ2) is 12.7. The van der Waals surface area contributed by atoms with Crippen molar-refractivity contribution in [2.75, 3.05) is 28.9 Å². The molecule has 41 heavy (non-hydrogen) atoms. The Balaban J connectivity index is 1.51. The van der Waals surface area contributed by atoms with E-state index in [1.54, 1.807) is 36.2 Å². The van der Waals surface area contributed by atoms with E-state index in [0.29, 0.717) is 36.7 Å². The molecule has 11 nitrogen and oxygen atoms in total. The van der Waals surface area contributed by atoms with E-state index in [1.807, 2.05) is 20.8 Å². The molecule has 3 heterocycles. The van der Waals surface area contributed by atoms with Crippen LogP contribution in [0, 0.1) is 5.82 Å². The number of nitrogens with zero attached hydrogens (tertiary/aromatic N) is 4. The van der Waals surface area contributed by atoms with Gasteiger partial charge in [-0.05, 0) is 70.4 Å². The molecule has 1 aliphatic rings. The first-order valence-corrected chi connectivity index (χ1v) is 15.1. The third kappa shape index (κ3) is 8.26. The van der Waals surface area contributed by atoms with E-state index in [0.717, 1.165) is 12.8 Å². The molecule has 3 aromatic rings. The van der Waals surface area contributed by atoms with Gasteiger partial charge in [-0.2, -0.15) is 0 Å². The zero-order valence-corrected chi connectivity index (χ0v) is 24.4. The number of carbonyl (C=O) groups excluding carboxylic acids is 1. The van der Waals surface area contributed by atoms with Gasteiger partial charge in [-0.1, -0.05) is 13.0 Å². The van der Waals surface area contributed by atoms with Gasteiger partial charge in [0.1, 0.15) is 5.60 Å². The van der Waals surface area contributed by atoms with Crippen LogP contribution in [0.25, 0.3) is 11.3 Å². The van der Waals surface area contributed by atoms with Gasteiger partial charge in [-0.25, -0.2) is 32.6 Å². The topological polar surface area (TPSA) is 136 Å². The van der Waals surface area contributed by atoms with Crippen molar-refractivity contribution >= 4 is 27.8 Å². The second-order valence-corrected chi connectivity index (χ2v) is 12.5. The first-order valence-electron chi connectivity index (χ1n) is 13.4. The quantitative estimate of drug-likeness (QED) is 0.336. The van der Waals surface area contributed by atoms with Gasteiger partial charge in [0.15, 0.2) is 11.6 Å². The molecule has 0 aliphatic carbocycles. The van der Waals surface area contributed by atoms with Crippen LogP contribution in [-0.2, 0) is 14.8 Å². The number of amides is 1. The standard InChI is InChI=1S/C28H35FN6O5S/c1-5-17-41(37,38)34-22-11-6-12-23(24(22)29)39-25-20(10-7-14-30-25)21-13-15-31-26(33-21)32-19-9-8-16-35(18-19)27(36)40-28(2,3)4/h6-7,10-15,19,34H,5,8-9,16-18H2,1-4H3,(H,31,32,33)/t19-/m0/s1. The lowest BCUT2D eigenvalue weighted by Gasteiger charge is -2.34. The Bertz CT molecular complexity index is 1480. The van der Waals surface area contributed by atoms with Crippen LogP contribution < -0.4 is 14.8 Å². The molecule has 2 N–H and O–H groups in total. The minimum atomic E-state index is -3.70. The Morgan fingerprint density at radius 3 is 2.71 bits per heavy atom. The number of hydrogen-bond donors (Lipinski definition) is 2. The fourth-order valence-electron chi connectivity index (χ4n) is 4.28. The van der Waals surface area contributed by atoms with Gasteiger partial charge in [0.2, 0.25) is 21.9 Å². The van der Waals surface area contributed by atoms with Crippen molar-refractivity contribution in [2.24, 2.45) is 0 Å². The molecule has 13 heteroatoms. The first kappa shape index (κ1) is 30.0. The van der Waals surface area contributed by atoms with Gasteiger partial charge < -0.3 is 19.7 Å². The number of likely N-dealkylation sites (tertiary alicyclic amines) is 1. The smallest absolute Gasteiger partial charge is 0.410 e. The maximum Gasteiger partial charge on any atom is 0.410 e. The second-order valence-electron chi connectivity index (χ2n) is 10.7. The molecule has 1 fully saturated rings. The molecule has 1 aliphatic heterocycles. The number of halogens is 1. The summed E-state index contributed by atoms with van der Waals surface area (Å²) in [5.74, 6) is -0.754. The largest absolute Gasteiger partial charge is 0.444 e. The number of nitrogens with one attached hydrogen (secondary N) is 2. The summed E-state index contributed by atoms with van der Waals surface area (Å²) in [6, 6.07) is 9.22. The number of sulfonamides is 1. The predicted molar refractivity (Wildman–Crippen MR) is 154 cm³/mol. The normalized spacial score (nSPS) is 15.7. The number of hydrogen-bond acceptors (Lipinski definition) is 9. The molecule has 1 atom stereocenters. The van der Waals surface area contributed by atoms with Crippen LogP contribution in [0.15, 0.2) is 48.8 Å². The summed E-state index contributed by atoms with van der Waals surface area (Å²) in [6.07, 6.45) is 4.74. The Kier molecular flexibility index (Phi) is 9.26. The van der Waals surface area contributed by atoms with E-state index in [-0.39, 0.29) is 35.2 Å². The summed E-state index contributed by atoms with van der Waals surface area (Å²) < 4.78 is 53.1. The van der Waals surface area contributed by atoms with Crippen molar-refractivity contribution < 1.29 is 27.1 Å². The number of aromatic nitrogens is 3. The average Bonchev–Trinajstić information content (AvgIpc) is 2.90. The summed E-state index contributed by atoms with van der Waals surface area (Å²) >= 11 is 0. The summed E-state index contributed by atoms with van der Waals surface area (Å²) in [5, 5.41) is 3.30. The molecule has 0 bridgehead atoms. The molecule has 2 aromatic heterocycles. The molecule has 0 radical (unpaired) electrons. The third-order valence-corrected chi connectivity index (χ3v) is 7.49. The van der Waals surface area contributed by atoms with Crippen molar-refractivity contribution in [3.05, 3.63) is 54.6 Å². The number of benzene rings is 1. The van der Waals surface area contributed by atoms with E-state index in [4.69, 9.17) is 9.47 Å². The van der Waals surface area contributed by atoms with Crippen LogP contribution in [0.1, 0.15) is 47.0 Å². The van der Waals surface area contributed by atoms with E-state index in [9.17, 15) is 13.2 Å². The average molecular weight is 587 g/mol. The van der Waals surface area contributed by atoms with Crippen LogP contribution >= 0.6 is 0 Å². The van der Waals surface area contributed by atoms with Crippen molar-refractivity contribution in [1.29, 1.82) is 0 Å². The highest BCUT2D eigenvalue weighted by atomic mass is 32.2. The molecule has 0 unspecified atom stereocenters. The number of piperidine rings is 1. The molecule has 1 saturated heterocycles. The number of anilines is 2. The Labute approximate surface area is 239 Å². The zero-order chi connectivity index (χ0) is 29.6. The van der Waals surface area contributed by atoms with E-state index in [1.165, 1.54) is 24.4 Å². The van der Waals surface area contributed by atoms with E-state index < -0.39 is 21.4 Å². The van der Waals surface area contributed by atoms with E-state index >= 15 is 4.39 Å². The maximum absolute atomic E-state index is 15.2. The highest BCUT2D eigenvalue weighted by Crippen LogP contribution is 2.34. The van der Waals surface area contributed by atoms with Crippen LogP contribution in [0.5, 0.6) is 11.6 Å². The van der Waals surface area contributed by atoms with Gasteiger partial charge in [0, 0.05) is 31.5 Å². The molecule has 220 valence electrons. The van der Waals surface area contributed by atoms with Crippen molar-refractivity contribution in [2.45, 2.75) is 58.6 Å². The van der Waals surface area contributed by atoms with Crippen LogP contribution in [-0.4, -0.2) is 64.8 Å². The lowest BCUT2D eigenvalue weighted by atomic mass is 10.1. The Morgan fingerprint density at radius 2 is 1.95 bits per heavy atom. The highest BCUT2D eigenvalue weighted by molar-refractivity contribution is 7.92. The zero-order valence-electron chi connectivity index (χ0n) is 23.6. The number of carbonyl (C=O) groups is 1. The molecular formula is C28H35FN6O5S. The minimum Gasteiger partial charge on any atom is -0.444 e. The first-order chi connectivity index (χ1) is 19.4. The SMILES string of the molecule is CCCS(=O)(=O)Nc1cccc(Oc2ncccc2-c2ccnc(N[C@H]3CCCN(C(=O)OC(C)(C)C)C3)n2)c1F. The van der Waals surface area contributed by atoms with Gasteiger partial charge in [-0.15, -0.1) is 0 Å². The van der Waals surface area contributed by atoms with Gasteiger partial charge >= 0.3 is 6.09 Å². The number of pyridine rings is 1. The lowest BCUT2D eigenvalue weighted by Crippen LogP contribution is -2.47. The maximum atomic E-state index is 15.2. The van der Waals surface area contributed by atoms with Gasteiger partial charge in [0.05, 0.1) is 22.7 Å². The highest BCUT2D eigenvalue weighted by Gasteiger charge is 2.28. The molecule has 1 amide bonds. The summed E-state index contributed by atoms with van der Waals surface area (Å²) in [7, 11) is -3.70. The number of rotatable bonds is 9. The monoisotopic (exact) mass is 586 g/mol. The van der Waals surface area contributed by atoms with Gasteiger partial charge in [0.25, 0.3) is 0 Å².